The Kier molecular flexibility index (Phi) is 6.34. The number of hydrogen-bond donors (Lipinski definition) is 0. The van der Waals surface area contributed by atoms with Crippen LogP contribution < -0.4 is 0 Å². The number of likely N-dealkylation sites (tertiary alicyclic amines) is 1. The van der Waals surface area contributed by atoms with Gasteiger partial charge >= 0.3 is 0 Å². The van der Waals surface area contributed by atoms with Gasteiger partial charge in [0.25, 0.3) is 0 Å². The van der Waals surface area contributed by atoms with Crippen molar-refractivity contribution in [1.29, 1.82) is 0 Å². The Labute approximate surface area is 152 Å². The van der Waals surface area contributed by atoms with Crippen molar-refractivity contribution >= 4 is 5.91 Å². The van der Waals surface area contributed by atoms with Gasteiger partial charge in [-0.25, -0.2) is 8.78 Å². The molecule has 1 fully saturated rings. The second-order valence-corrected chi connectivity index (χ2v) is 6.65. The minimum absolute atomic E-state index is 0.0717. The third kappa shape index (κ3) is 5.11. The zero-order chi connectivity index (χ0) is 18.4. The van der Waals surface area contributed by atoms with Gasteiger partial charge in [-0.1, -0.05) is 36.4 Å². The van der Waals surface area contributed by atoms with Gasteiger partial charge in [-0.3, -0.25) is 4.79 Å². The van der Waals surface area contributed by atoms with Gasteiger partial charge < -0.3 is 9.64 Å². The second kappa shape index (κ2) is 8.90. The van der Waals surface area contributed by atoms with Crippen molar-refractivity contribution < 1.29 is 18.3 Å². The molecule has 0 aliphatic carbocycles. The number of halogens is 2. The molecule has 2 aromatic rings. The molecule has 1 amide bonds. The lowest BCUT2D eigenvalue weighted by molar-refractivity contribution is -0.135. The Hall–Kier alpha value is -2.27. The summed E-state index contributed by atoms with van der Waals surface area (Å²) in [5.41, 5.74) is 1.75. The molecule has 0 spiro atoms. The zero-order valence-electron chi connectivity index (χ0n) is 14.7. The van der Waals surface area contributed by atoms with Crippen LogP contribution in [-0.4, -0.2) is 30.0 Å². The number of nitrogens with zero attached hydrogens (tertiary/aromatic N) is 1. The van der Waals surface area contributed by atoms with Gasteiger partial charge in [-0.15, -0.1) is 0 Å². The van der Waals surface area contributed by atoms with Crippen molar-refractivity contribution in [2.75, 3.05) is 13.1 Å². The summed E-state index contributed by atoms with van der Waals surface area (Å²) in [4.78, 5) is 14.3. The SMILES string of the molecule is O=C(CCc1ccccc1)N1CCCC(OCc2ccc(F)c(F)c2)C1. The molecule has 1 atom stereocenters. The Bertz CT molecular complexity index is 736. The van der Waals surface area contributed by atoms with Gasteiger partial charge in [-0.2, -0.15) is 0 Å². The first-order valence-electron chi connectivity index (χ1n) is 8.99. The number of carbonyl (C=O) groups is 1. The van der Waals surface area contributed by atoms with Crippen molar-refractivity contribution in [3.63, 3.8) is 0 Å². The molecule has 5 heteroatoms. The molecule has 2 aromatic carbocycles. The number of aryl methyl sites for hydroxylation is 1. The normalized spacial score (nSPS) is 17.3. The highest BCUT2D eigenvalue weighted by Gasteiger charge is 2.24. The van der Waals surface area contributed by atoms with Gasteiger partial charge in [0.1, 0.15) is 0 Å². The highest BCUT2D eigenvalue weighted by atomic mass is 19.2. The van der Waals surface area contributed by atoms with Crippen LogP contribution in [-0.2, 0) is 22.6 Å². The maximum Gasteiger partial charge on any atom is 0.222 e. The van der Waals surface area contributed by atoms with Gasteiger partial charge in [0.05, 0.1) is 12.7 Å². The molecule has 138 valence electrons. The van der Waals surface area contributed by atoms with Crippen LogP contribution in [0.4, 0.5) is 8.78 Å². The predicted octanol–water partition coefficient (Wildman–Crippen LogP) is 4.11. The standard InChI is InChI=1S/C21H23F2NO2/c22-19-10-8-17(13-20(19)23)15-26-18-7-4-12-24(14-18)21(25)11-9-16-5-2-1-3-6-16/h1-3,5-6,8,10,13,18H,4,7,9,11-12,14-15H2. The van der Waals surface area contributed by atoms with Crippen LogP contribution in [0.3, 0.4) is 0 Å². The molecule has 26 heavy (non-hydrogen) atoms. The third-order valence-electron chi connectivity index (χ3n) is 4.67. The Morgan fingerprint density at radius 2 is 1.88 bits per heavy atom. The van der Waals surface area contributed by atoms with E-state index in [0.29, 0.717) is 18.5 Å². The van der Waals surface area contributed by atoms with E-state index in [1.165, 1.54) is 6.07 Å². The van der Waals surface area contributed by atoms with E-state index in [4.69, 9.17) is 4.74 Å². The first-order chi connectivity index (χ1) is 12.6. The molecule has 1 unspecified atom stereocenters. The van der Waals surface area contributed by atoms with Crippen LogP contribution in [0, 0.1) is 11.6 Å². The number of ether oxygens (including phenoxy) is 1. The van der Waals surface area contributed by atoms with Crippen LogP contribution in [0.25, 0.3) is 0 Å². The van der Waals surface area contributed by atoms with E-state index in [2.05, 4.69) is 0 Å². The van der Waals surface area contributed by atoms with Crippen molar-refractivity contribution in [2.45, 2.75) is 38.4 Å². The summed E-state index contributed by atoms with van der Waals surface area (Å²) in [6.07, 6.45) is 2.90. The van der Waals surface area contributed by atoms with Crippen LogP contribution in [0.1, 0.15) is 30.4 Å². The third-order valence-corrected chi connectivity index (χ3v) is 4.67. The highest BCUT2D eigenvalue weighted by Crippen LogP contribution is 2.17. The Balaban J connectivity index is 1.47. The number of amides is 1. The number of carbonyl (C=O) groups excluding carboxylic acids is 1. The lowest BCUT2D eigenvalue weighted by atomic mass is 10.1. The highest BCUT2D eigenvalue weighted by molar-refractivity contribution is 5.76. The maximum absolute atomic E-state index is 13.3. The van der Waals surface area contributed by atoms with Crippen molar-refractivity contribution in [3.05, 3.63) is 71.3 Å². The fourth-order valence-corrected chi connectivity index (χ4v) is 3.20. The first kappa shape index (κ1) is 18.5. The molecular formula is C21H23F2NO2. The van der Waals surface area contributed by atoms with Gasteiger partial charge in [0.2, 0.25) is 5.91 Å². The van der Waals surface area contributed by atoms with Crippen molar-refractivity contribution in [1.82, 2.24) is 4.90 Å². The fourth-order valence-electron chi connectivity index (χ4n) is 3.20. The monoisotopic (exact) mass is 359 g/mol. The molecule has 0 saturated carbocycles. The predicted molar refractivity (Wildman–Crippen MR) is 95.5 cm³/mol. The number of benzene rings is 2. The molecule has 1 heterocycles. The summed E-state index contributed by atoms with van der Waals surface area (Å²) >= 11 is 0. The zero-order valence-corrected chi connectivity index (χ0v) is 14.7. The summed E-state index contributed by atoms with van der Waals surface area (Å²) < 4.78 is 32.0. The van der Waals surface area contributed by atoms with Gasteiger partial charge in [0.15, 0.2) is 11.6 Å². The van der Waals surface area contributed by atoms with E-state index in [1.807, 2.05) is 35.2 Å². The van der Waals surface area contributed by atoms with E-state index >= 15 is 0 Å². The molecular weight excluding hydrogens is 336 g/mol. The summed E-state index contributed by atoms with van der Waals surface area (Å²) in [5.74, 6) is -1.59. The Morgan fingerprint density at radius 3 is 2.65 bits per heavy atom. The lowest BCUT2D eigenvalue weighted by Crippen LogP contribution is -2.43. The minimum atomic E-state index is -0.868. The molecule has 1 saturated heterocycles. The molecule has 1 aliphatic heterocycles. The molecule has 0 radical (unpaired) electrons. The smallest absolute Gasteiger partial charge is 0.222 e. The fraction of sp³-hybridized carbons (Fsp3) is 0.381. The molecule has 0 N–H and O–H groups in total. The van der Waals surface area contributed by atoms with Crippen LogP contribution in [0.2, 0.25) is 0 Å². The van der Waals surface area contributed by atoms with Crippen LogP contribution in [0.5, 0.6) is 0 Å². The van der Waals surface area contributed by atoms with Gasteiger partial charge in [0, 0.05) is 19.5 Å². The summed E-state index contributed by atoms with van der Waals surface area (Å²) in [5, 5.41) is 0. The van der Waals surface area contributed by atoms with E-state index in [-0.39, 0.29) is 18.6 Å². The Morgan fingerprint density at radius 1 is 1.08 bits per heavy atom. The van der Waals surface area contributed by atoms with Crippen LogP contribution >= 0.6 is 0 Å². The average molecular weight is 359 g/mol. The van der Waals surface area contributed by atoms with Crippen LogP contribution in [0.15, 0.2) is 48.5 Å². The van der Waals surface area contributed by atoms with Gasteiger partial charge in [-0.05, 0) is 42.5 Å². The number of rotatable bonds is 6. The maximum atomic E-state index is 13.3. The summed E-state index contributed by atoms with van der Waals surface area (Å²) in [6.45, 7) is 1.52. The minimum Gasteiger partial charge on any atom is -0.372 e. The van der Waals surface area contributed by atoms with E-state index < -0.39 is 11.6 Å². The molecule has 0 bridgehead atoms. The average Bonchev–Trinajstić information content (AvgIpc) is 2.68. The number of piperidine rings is 1. The van der Waals surface area contributed by atoms with E-state index in [9.17, 15) is 13.6 Å². The molecule has 3 nitrogen and oxygen atoms in total. The molecule has 3 rings (SSSR count). The first-order valence-corrected chi connectivity index (χ1v) is 8.99. The summed E-state index contributed by atoms with van der Waals surface area (Å²) in [6, 6.07) is 13.7. The summed E-state index contributed by atoms with van der Waals surface area (Å²) in [7, 11) is 0. The molecule has 1 aliphatic rings. The topological polar surface area (TPSA) is 29.5 Å². The second-order valence-electron chi connectivity index (χ2n) is 6.65. The van der Waals surface area contributed by atoms with Crippen molar-refractivity contribution in [3.8, 4) is 0 Å². The van der Waals surface area contributed by atoms with E-state index in [1.54, 1.807) is 0 Å². The van der Waals surface area contributed by atoms with E-state index in [0.717, 1.165) is 43.5 Å². The number of hydrogen-bond acceptors (Lipinski definition) is 2. The molecule has 0 aromatic heterocycles. The lowest BCUT2D eigenvalue weighted by Gasteiger charge is -2.33. The largest absolute Gasteiger partial charge is 0.372 e. The quantitative estimate of drug-likeness (QED) is 0.777. The van der Waals surface area contributed by atoms with Crippen molar-refractivity contribution in [2.24, 2.45) is 0 Å².